The van der Waals surface area contributed by atoms with Crippen LogP contribution in [0.4, 0.5) is 4.39 Å². The first kappa shape index (κ1) is 26.5. The van der Waals surface area contributed by atoms with Crippen molar-refractivity contribution >= 4 is 16.8 Å². The number of hydrogen-bond acceptors (Lipinski definition) is 3. The van der Waals surface area contributed by atoms with Crippen LogP contribution in [0.15, 0.2) is 82.0 Å². The standard InChI is InChI=1S/C33H35FO3/c1-6-7-24-20-30(35)37-29-21-26(14-17-28(24)29)33(4,5)19-18-32(2,3)25-12-8-22(9-13-25)31(36)23-10-15-27(34)16-11-23/h8-17,20-21H,6-7,18-19H2,1-5H3. The number of hydrogen-bond donors (Lipinski definition) is 0. The summed E-state index contributed by atoms with van der Waals surface area (Å²) in [5.41, 5.74) is 4.54. The third-order valence-corrected chi connectivity index (χ3v) is 7.54. The Kier molecular flexibility index (Phi) is 7.49. The van der Waals surface area contributed by atoms with Crippen LogP contribution < -0.4 is 5.63 Å². The van der Waals surface area contributed by atoms with Gasteiger partial charge in [-0.05, 0) is 77.1 Å². The zero-order chi connectivity index (χ0) is 26.8. The van der Waals surface area contributed by atoms with E-state index in [1.165, 1.54) is 24.3 Å². The molecule has 4 aromatic rings. The number of halogens is 1. The number of carbonyl (C=O) groups is 1. The van der Waals surface area contributed by atoms with Crippen LogP contribution in [0.2, 0.25) is 0 Å². The van der Waals surface area contributed by atoms with E-state index >= 15 is 0 Å². The molecule has 37 heavy (non-hydrogen) atoms. The van der Waals surface area contributed by atoms with Crippen molar-refractivity contribution in [2.45, 2.75) is 71.1 Å². The van der Waals surface area contributed by atoms with Crippen LogP contribution in [-0.4, -0.2) is 5.78 Å². The van der Waals surface area contributed by atoms with Gasteiger partial charge in [-0.2, -0.15) is 0 Å². The average Bonchev–Trinajstić information content (AvgIpc) is 2.87. The molecule has 0 radical (unpaired) electrons. The Balaban J connectivity index is 1.50. The van der Waals surface area contributed by atoms with Crippen molar-refractivity contribution in [3.63, 3.8) is 0 Å². The van der Waals surface area contributed by atoms with Gasteiger partial charge in [0.15, 0.2) is 5.78 Å². The zero-order valence-corrected chi connectivity index (χ0v) is 22.4. The van der Waals surface area contributed by atoms with Crippen LogP contribution >= 0.6 is 0 Å². The van der Waals surface area contributed by atoms with E-state index in [2.05, 4.69) is 46.8 Å². The summed E-state index contributed by atoms with van der Waals surface area (Å²) in [5, 5.41) is 1.01. The maximum absolute atomic E-state index is 13.2. The maximum Gasteiger partial charge on any atom is 0.336 e. The summed E-state index contributed by atoms with van der Waals surface area (Å²) in [4.78, 5) is 24.9. The Labute approximate surface area is 218 Å². The van der Waals surface area contributed by atoms with Gasteiger partial charge in [0, 0.05) is 22.6 Å². The second-order valence-corrected chi connectivity index (χ2v) is 11.2. The third kappa shape index (κ3) is 5.90. The van der Waals surface area contributed by atoms with Crippen molar-refractivity contribution in [2.24, 2.45) is 0 Å². The van der Waals surface area contributed by atoms with Crippen molar-refractivity contribution in [1.29, 1.82) is 0 Å². The number of ketones is 1. The lowest BCUT2D eigenvalue weighted by molar-refractivity contribution is 0.103. The summed E-state index contributed by atoms with van der Waals surface area (Å²) in [6.45, 7) is 11.0. The van der Waals surface area contributed by atoms with Crippen LogP contribution in [0.3, 0.4) is 0 Å². The van der Waals surface area contributed by atoms with Gasteiger partial charge in [-0.25, -0.2) is 9.18 Å². The lowest BCUT2D eigenvalue weighted by atomic mass is 9.72. The second kappa shape index (κ2) is 10.5. The highest BCUT2D eigenvalue weighted by Crippen LogP contribution is 2.37. The summed E-state index contributed by atoms with van der Waals surface area (Å²) in [6, 6.07) is 21.3. The molecular weight excluding hydrogens is 463 g/mol. The normalized spacial score (nSPS) is 12.2. The van der Waals surface area contributed by atoms with E-state index in [4.69, 9.17) is 4.42 Å². The Morgan fingerprint density at radius 3 is 1.92 bits per heavy atom. The van der Waals surface area contributed by atoms with Gasteiger partial charge in [0.1, 0.15) is 11.4 Å². The molecule has 0 aliphatic carbocycles. The minimum absolute atomic E-state index is 0.105. The number of carbonyl (C=O) groups excluding carboxylic acids is 1. The van der Waals surface area contributed by atoms with Crippen LogP contribution in [0.5, 0.6) is 0 Å². The summed E-state index contributed by atoms with van der Waals surface area (Å²) in [6.07, 6.45) is 3.69. The predicted octanol–water partition coefficient (Wildman–Crippen LogP) is 8.15. The fraction of sp³-hybridized carbons (Fsp3) is 0.333. The van der Waals surface area contributed by atoms with E-state index in [1.54, 1.807) is 6.07 Å². The highest BCUT2D eigenvalue weighted by atomic mass is 19.1. The lowest BCUT2D eigenvalue weighted by Crippen LogP contribution is -2.24. The van der Waals surface area contributed by atoms with Gasteiger partial charge in [-0.1, -0.05) is 77.4 Å². The van der Waals surface area contributed by atoms with E-state index in [9.17, 15) is 14.0 Å². The number of aryl methyl sites for hydroxylation is 1. The second-order valence-electron chi connectivity index (χ2n) is 11.2. The van der Waals surface area contributed by atoms with Crippen molar-refractivity contribution in [1.82, 2.24) is 0 Å². The molecule has 0 unspecified atom stereocenters. The first-order valence-corrected chi connectivity index (χ1v) is 13.0. The molecule has 0 bridgehead atoms. The monoisotopic (exact) mass is 498 g/mol. The fourth-order valence-corrected chi connectivity index (χ4v) is 4.88. The maximum atomic E-state index is 13.2. The lowest BCUT2D eigenvalue weighted by Gasteiger charge is -2.32. The number of benzene rings is 3. The molecular formula is C33H35FO3. The Morgan fingerprint density at radius 1 is 0.784 bits per heavy atom. The van der Waals surface area contributed by atoms with Gasteiger partial charge in [0.2, 0.25) is 0 Å². The van der Waals surface area contributed by atoms with Crippen LogP contribution in [0.1, 0.15) is 86.5 Å². The molecule has 4 rings (SSSR count). The Morgan fingerprint density at radius 2 is 1.32 bits per heavy atom. The molecule has 0 aliphatic rings. The summed E-state index contributed by atoms with van der Waals surface area (Å²) in [5.74, 6) is -0.471. The fourth-order valence-electron chi connectivity index (χ4n) is 4.88. The van der Waals surface area contributed by atoms with Gasteiger partial charge in [0.05, 0.1) is 0 Å². The molecule has 192 valence electrons. The third-order valence-electron chi connectivity index (χ3n) is 7.54. The molecule has 3 nitrogen and oxygen atoms in total. The quantitative estimate of drug-likeness (QED) is 0.173. The van der Waals surface area contributed by atoms with Crippen LogP contribution in [-0.2, 0) is 17.3 Å². The topological polar surface area (TPSA) is 47.3 Å². The SMILES string of the molecule is CCCc1cc(=O)oc2cc(C(C)(C)CCC(C)(C)c3ccc(C(=O)c4ccc(F)cc4)cc3)ccc12. The molecule has 0 N–H and O–H groups in total. The molecule has 0 fully saturated rings. The molecule has 0 spiro atoms. The minimum Gasteiger partial charge on any atom is -0.423 e. The van der Waals surface area contributed by atoms with Gasteiger partial charge in [0.25, 0.3) is 0 Å². The van der Waals surface area contributed by atoms with Gasteiger partial charge < -0.3 is 4.42 Å². The molecule has 0 amide bonds. The highest BCUT2D eigenvalue weighted by molar-refractivity contribution is 6.08. The van der Waals surface area contributed by atoms with Crippen molar-refractivity contribution in [3.8, 4) is 0 Å². The van der Waals surface area contributed by atoms with Crippen LogP contribution in [0, 0.1) is 5.82 Å². The summed E-state index contributed by atoms with van der Waals surface area (Å²) >= 11 is 0. The van der Waals surface area contributed by atoms with E-state index in [0.717, 1.165) is 47.8 Å². The van der Waals surface area contributed by atoms with E-state index in [-0.39, 0.29) is 28.1 Å². The summed E-state index contributed by atoms with van der Waals surface area (Å²) in [7, 11) is 0. The van der Waals surface area contributed by atoms with E-state index < -0.39 is 0 Å². The average molecular weight is 499 g/mol. The Bertz CT molecular complexity index is 1460. The molecule has 0 aliphatic heterocycles. The molecule has 0 atom stereocenters. The van der Waals surface area contributed by atoms with Crippen molar-refractivity contribution < 1.29 is 13.6 Å². The summed E-state index contributed by atoms with van der Waals surface area (Å²) < 4.78 is 18.8. The van der Waals surface area contributed by atoms with Gasteiger partial charge >= 0.3 is 5.63 Å². The van der Waals surface area contributed by atoms with Crippen LogP contribution in [0.25, 0.3) is 11.0 Å². The van der Waals surface area contributed by atoms with E-state index in [0.29, 0.717) is 16.7 Å². The zero-order valence-electron chi connectivity index (χ0n) is 22.4. The minimum atomic E-state index is -0.356. The number of rotatable bonds is 9. The van der Waals surface area contributed by atoms with Crippen molar-refractivity contribution in [2.75, 3.05) is 0 Å². The van der Waals surface area contributed by atoms with Gasteiger partial charge in [-0.3, -0.25) is 4.79 Å². The smallest absolute Gasteiger partial charge is 0.336 e. The molecule has 0 saturated heterocycles. The van der Waals surface area contributed by atoms with E-state index in [1.807, 2.05) is 30.3 Å². The number of fused-ring (bicyclic) bond motifs is 1. The molecule has 4 heteroatoms. The predicted molar refractivity (Wildman–Crippen MR) is 148 cm³/mol. The first-order chi connectivity index (χ1) is 17.5. The molecule has 1 aromatic heterocycles. The Hall–Kier alpha value is -3.53. The first-order valence-electron chi connectivity index (χ1n) is 13.0. The molecule has 3 aromatic carbocycles. The largest absolute Gasteiger partial charge is 0.423 e. The van der Waals surface area contributed by atoms with Gasteiger partial charge in [-0.15, -0.1) is 0 Å². The molecule has 0 saturated carbocycles. The van der Waals surface area contributed by atoms with Crippen molar-refractivity contribution in [3.05, 3.63) is 117 Å². The molecule has 1 heterocycles. The highest BCUT2D eigenvalue weighted by Gasteiger charge is 2.28.